The molecule has 0 aliphatic heterocycles. The molecule has 50 heavy (non-hydrogen) atoms. The van der Waals surface area contributed by atoms with E-state index in [1.165, 1.54) is 122 Å². The third kappa shape index (κ3) is 36.2. The minimum absolute atomic E-state index is 0.0664. The summed E-state index contributed by atoms with van der Waals surface area (Å²) in [7, 11) is 0. The van der Waals surface area contributed by atoms with Crippen molar-refractivity contribution >= 4 is 17.9 Å². The highest BCUT2D eigenvalue weighted by Gasteiger charge is 2.19. The van der Waals surface area contributed by atoms with Crippen LogP contribution in [0.25, 0.3) is 0 Å². The Labute approximate surface area is 310 Å². The molecule has 0 amide bonds. The summed E-state index contributed by atoms with van der Waals surface area (Å²) in [4.78, 5) is 37.6. The van der Waals surface area contributed by atoms with Crippen LogP contribution in [0.4, 0.5) is 0 Å². The third-order valence-corrected chi connectivity index (χ3v) is 10.1. The Bertz CT molecular complexity index is 766. The zero-order valence-corrected chi connectivity index (χ0v) is 34.0. The molecule has 0 aromatic carbocycles. The van der Waals surface area contributed by atoms with E-state index in [-0.39, 0.29) is 31.1 Å². The zero-order chi connectivity index (χ0) is 36.9. The van der Waals surface area contributed by atoms with Crippen LogP contribution in [0.3, 0.4) is 0 Å². The van der Waals surface area contributed by atoms with Crippen LogP contribution in [-0.4, -0.2) is 37.2 Å². The smallest absolute Gasteiger partial charge is 0.306 e. The van der Waals surface area contributed by atoms with Crippen molar-refractivity contribution in [2.24, 2.45) is 11.8 Å². The molecule has 6 nitrogen and oxygen atoms in total. The summed E-state index contributed by atoms with van der Waals surface area (Å²) in [6.07, 6.45) is 33.8. The summed E-state index contributed by atoms with van der Waals surface area (Å²) >= 11 is 0. The minimum atomic E-state index is -0.760. The van der Waals surface area contributed by atoms with Gasteiger partial charge in [-0.05, 0) is 31.1 Å². The van der Waals surface area contributed by atoms with Crippen molar-refractivity contribution in [3.63, 3.8) is 0 Å². The summed E-state index contributed by atoms with van der Waals surface area (Å²) in [6, 6.07) is 0. The molecule has 0 radical (unpaired) electrons. The second-order valence-electron chi connectivity index (χ2n) is 15.7. The van der Waals surface area contributed by atoms with E-state index in [0.29, 0.717) is 19.3 Å². The maximum Gasteiger partial charge on any atom is 0.306 e. The van der Waals surface area contributed by atoms with Gasteiger partial charge in [0.2, 0.25) is 0 Å². The van der Waals surface area contributed by atoms with E-state index in [2.05, 4.69) is 34.6 Å². The SMILES string of the molecule is CCCCCCCCCCCCCCC(=O)OC[C@@H](COC(=O)CCCCCCCCCC(C)C)OC(=O)CCCCCCCCC(C)CC. The second-order valence-corrected chi connectivity index (χ2v) is 15.7. The lowest BCUT2D eigenvalue weighted by Crippen LogP contribution is -2.30. The lowest BCUT2D eigenvalue weighted by Gasteiger charge is -2.18. The van der Waals surface area contributed by atoms with Crippen molar-refractivity contribution in [2.45, 2.75) is 240 Å². The van der Waals surface area contributed by atoms with Crippen LogP contribution in [0.2, 0.25) is 0 Å². The van der Waals surface area contributed by atoms with Gasteiger partial charge in [0.1, 0.15) is 13.2 Å². The number of carbonyl (C=O) groups is 3. The summed E-state index contributed by atoms with van der Waals surface area (Å²) < 4.78 is 16.7. The molecule has 0 aliphatic rings. The van der Waals surface area contributed by atoms with Crippen molar-refractivity contribution in [3.8, 4) is 0 Å². The van der Waals surface area contributed by atoms with E-state index in [4.69, 9.17) is 14.2 Å². The highest BCUT2D eigenvalue weighted by molar-refractivity contribution is 5.71. The highest BCUT2D eigenvalue weighted by atomic mass is 16.6. The first-order valence-corrected chi connectivity index (χ1v) is 21.8. The van der Waals surface area contributed by atoms with Gasteiger partial charge >= 0.3 is 17.9 Å². The van der Waals surface area contributed by atoms with Crippen LogP contribution in [0.5, 0.6) is 0 Å². The topological polar surface area (TPSA) is 78.9 Å². The summed E-state index contributed by atoms with van der Waals surface area (Å²) in [6.45, 7) is 11.2. The Kier molecular flexibility index (Phi) is 36.0. The molecule has 0 aromatic heterocycles. The van der Waals surface area contributed by atoms with Gasteiger partial charge in [-0.25, -0.2) is 0 Å². The van der Waals surface area contributed by atoms with E-state index < -0.39 is 6.10 Å². The molecule has 0 aliphatic carbocycles. The molecule has 0 aromatic rings. The van der Waals surface area contributed by atoms with Gasteiger partial charge in [-0.3, -0.25) is 14.4 Å². The first-order chi connectivity index (χ1) is 24.3. The van der Waals surface area contributed by atoms with E-state index in [1.807, 2.05) is 0 Å². The molecular weight excluding hydrogens is 624 g/mol. The molecule has 2 atom stereocenters. The van der Waals surface area contributed by atoms with Crippen LogP contribution in [0, 0.1) is 11.8 Å². The standard InChI is InChI=1S/C44H84O6/c1-6-8-9-10-11-12-13-14-15-18-24-29-34-42(45)48-37-41(50-44(47)36-31-26-21-20-23-28-33-40(5)7-2)38-49-43(46)35-30-25-19-16-17-22-27-32-39(3)4/h39-41H,6-38H2,1-5H3/t40?,41-/m0/s1. The number of carbonyl (C=O) groups excluding carboxylic acids is 3. The van der Waals surface area contributed by atoms with Gasteiger partial charge in [0.15, 0.2) is 6.10 Å². The molecule has 0 spiro atoms. The van der Waals surface area contributed by atoms with Gasteiger partial charge in [0.25, 0.3) is 0 Å². The fourth-order valence-corrected chi connectivity index (χ4v) is 6.37. The van der Waals surface area contributed by atoms with Gasteiger partial charge in [0, 0.05) is 19.3 Å². The van der Waals surface area contributed by atoms with E-state index in [1.54, 1.807) is 0 Å². The van der Waals surface area contributed by atoms with Crippen LogP contribution in [0.1, 0.15) is 234 Å². The predicted octanol–water partition coefficient (Wildman–Crippen LogP) is 13.4. The maximum absolute atomic E-state index is 12.7. The second kappa shape index (κ2) is 37.2. The fraction of sp³-hybridized carbons (Fsp3) is 0.932. The number of rotatable bonds is 38. The zero-order valence-electron chi connectivity index (χ0n) is 34.0. The molecule has 0 N–H and O–H groups in total. The molecule has 0 rings (SSSR count). The average molecular weight is 709 g/mol. The van der Waals surface area contributed by atoms with Crippen LogP contribution >= 0.6 is 0 Å². The largest absolute Gasteiger partial charge is 0.462 e. The van der Waals surface area contributed by atoms with E-state index in [0.717, 1.165) is 69.6 Å². The van der Waals surface area contributed by atoms with Crippen molar-refractivity contribution < 1.29 is 28.6 Å². The normalized spacial score (nSPS) is 12.6. The number of hydrogen-bond acceptors (Lipinski definition) is 6. The quantitative estimate of drug-likeness (QED) is 0.0361. The molecule has 0 saturated heterocycles. The van der Waals surface area contributed by atoms with Crippen LogP contribution in [0.15, 0.2) is 0 Å². The van der Waals surface area contributed by atoms with Crippen molar-refractivity contribution in [2.75, 3.05) is 13.2 Å². The Morgan fingerprint density at radius 1 is 0.420 bits per heavy atom. The van der Waals surface area contributed by atoms with Gasteiger partial charge < -0.3 is 14.2 Å². The number of hydrogen-bond donors (Lipinski definition) is 0. The third-order valence-electron chi connectivity index (χ3n) is 10.1. The minimum Gasteiger partial charge on any atom is -0.462 e. The maximum atomic E-state index is 12.7. The Balaban J connectivity index is 4.35. The fourth-order valence-electron chi connectivity index (χ4n) is 6.37. The van der Waals surface area contributed by atoms with Gasteiger partial charge in [-0.15, -0.1) is 0 Å². The van der Waals surface area contributed by atoms with Crippen molar-refractivity contribution in [1.82, 2.24) is 0 Å². The Hall–Kier alpha value is -1.59. The summed E-state index contributed by atoms with van der Waals surface area (Å²) in [5.74, 6) is 0.725. The predicted molar refractivity (Wildman–Crippen MR) is 210 cm³/mol. The van der Waals surface area contributed by atoms with Gasteiger partial charge in [-0.2, -0.15) is 0 Å². The first kappa shape index (κ1) is 48.4. The number of esters is 3. The van der Waals surface area contributed by atoms with E-state index in [9.17, 15) is 14.4 Å². The lowest BCUT2D eigenvalue weighted by molar-refractivity contribution is -0.167. The molecule has 0 saturated carbocycles. The van der Waals surface area contributed by atoms with Gasteiger partial charge in [0.05, 0.1) is 0 Å². The van der Waals surface area contributed by atoms with Crippen molar-refractivity contribution in [1.29, 1.82) is 0 Å². The Morgan fingerprint density at radius 3 is 1.14 bits per heavy atom. The number of unbranched alkanes of at least 4 members (excludes halogenated alkanes) is 22. The lowest BCUT2D eigenvalue weighted by atomic mass is 10.00. The monoisotopic (exact) mass is 709 g/mol. The van der Waals surface area contributed by atoms with E-state index >= 15 is 0 Å². The van der Waals surface area contributed by atoms with Gasteiger partial charge in [-0.1, -0.05) is 195 Å². The van der Waals surface area contributed by atoms with Crippen LogP contribution in [-0.2, 0) is 28.6 Å². The molecule has 6 heteroatoms. The average Bonchev–Trinajstić information content (AvgIpc) is 3.09. The molecular formula is C44H84O6. The highest BCUT2D eigenvalue weighted by Crippen LogP contribution is 2.16. The molecule has 0 fully saturated rings. The molecule has 1 unspecified atom stereocenters. The summed E-state index contributed by atoms with van der Waals surface area (Å²) in [5, 5.41) is 0. The number of ether oxygens (including phenoxy) is 3. The first-order valence-electron chi connectivity index (χ1n) is 21.8. The summed E-state index contributed by atoms with van der Waals surface area (Å²) in [5.41, 5.74) is 0. The van der Waals surface area contributed by atoms with Crippen LogP contribution < -0.4 is 0 Å². The molecule has 296 valence electrons. The Morgan fingerprint density at radius 2 is 0.760 bits per heavy atom. The van der Waals surface area contributed by atoms with Crippen molar-refractivity contribution in [3.05, 3.63) is 0 Å². The molecule has 0 bridgehead atoms. The molecule has 0 heterocycles.